The van der Waals surface area contributed by atoms with E-state index in [2.05, 4.69) is 10.3 Å². The van der Waals surface area contributed by atoms with Gasteiger partial charge in [-0.25, -0.2) is 0 Å². The zero-order chi connectivity index (χ0) is 18.0. The van der Waals surface area contributed by atoms with Gasteiger partial charge in [-0.1, -0.05) is 12.1 Å². The van der Waals surface area contributed by atoms with E-state index in [9.17, 15) is 14.9 Å². The van der Waals surface area contributed by atoms with E-state index in [1.165, 1.54) is 6.07 Å². The number of carbonyl (C=O) groups excluding carboxylic acids is 1. The molecule has 7 heteroatoms. The summed E-state index contributed by atoms with van der Waals surface area (Å²) in [6.45, 7) is 1.66. The molecule has 0 aliphatic heterocycles. The van der Waals surface area contributed by atoms with Crippen molar-refractivity contribution in [3.05, 3.63) is 69.9 Å². The molecular formula is C18H15N3O4. The number of carbonyl (C=O) groups is 1. The van der Waals surface area contributed by atoms with E-state index in [-0.39, 0.29) is 11.3 Å². The number of rotatable bonds is 4. The van der Waals surface area contributed by atoms with Crippen molar-refractivity contribution in [2.24, 2.45) is 0 Å². The van der Waals surface area contributed by atoms with Crippen LogP contribution in [0.4, 0.5) is 11.4 Å². The molecule has 0 spiro atoms. The van der Waals surface area contributed by atoms with Crippen LogP contribution in [0.25, 0.3) is 10.9 Å². The Morgan fingerprint density at radius 2 is 2.00 bits per heavy atom. The van der Waals surface area contributed by atoms with Crippen LogP contribution in [0.2, 0.25) is 0 Å². The monoisotopic (exact) mass is 337 g/mol. The van der Waals surface area contributed by atoms with Crippen LogP contribution in [0.1, 0.15) is 15.9 Å². The molecule has 0 aliphatic carbocycles. The molecule has 0 radical (unpaired) electrons. The summed E-state index contributed by atoms with van der Waals surface area (Å²) in [5.41, 5.74) is 1.33. The highest BCUT2D eigenvalue weighted by molar-refractivity contribution is 6.11. The number of aryl methyl sites for hydroxylation is 1. The zero-order valence-electron chi connectivity index (χ0n) is 13.6. The third kappa shape index (κ3) is 2.99. The first-order valence-electron chi connectivity index (χ1n) is 7.50. The highest BCUT2D eigenvalue weighted by Crippen LogP contribution is 2.31. The second-order valence-electron chi connectivity index (χ2n) is 5.40. The summed E-state index contributed by atoms with van der Waals surface area (Å²) in [5.74, 6) is 0.0740. The lowest BCUT2D eigenvalue weighted by atomic mass is 10.1. The van der Waals surface area contributed by atoms with Gasteiger partial charge in [-0.05, 0) is 36.8 Å². The van der Waals surface area contributed by atoms with E-state index >= 15 is 0 Å². The van der Waals surface area contributed by atoms with Crippen molar-refractivity contribution in [3.63, 3.8) is 0 Å². The molecular weight excluding hydrogens is 322 g/mol. The van der Waals surface area contributed by atoms with Crippen LogP contribution in [0.5, 0.6) is 5.75 Å². The fourth-order valence-electron chi connectivity index (χ4n) is 2.71. The van der Waals surface area contributed by atoms with Gasteiger partial charge in [0.1, 0.15) is 11.3 Å². The van der Waals surface area contributed by atoms with Crippen molar-refractivity contribution in [1.82, 2.24) is 4.98 Å². The molecule has 0 atom stereocenters. The molecule has 3 rings (SSSR count). The van der Waals surface area contributed by atoms with Crippen molar-refractivity contribution in [1.29, 1.82) is 0 Å². The minimum absolute atomic E-state index is 0.0346. The Balaban J connectivity index is 2.06. The van der Waals surface area contributed by atoms with Gasteiger partial charge in [0, 0.05) is 17.6 Å². The standard InChI is InChI=1S/C18H15N3O4/c1-11-5-3-7-14(21(23)24)16(11)18(22)20-13-8-9-15(25-2)12-6-4-10-19-17(12)13/h3-10H,1-2H3,(H,20,22). The van der Waals surface area contributed by atoms with Gasteiger partial charge < -0.3 is 10.1 Å². The van der Waals surface area contributed by atoms with Crippen LogP contribution >= 0.6 is 0 Å². The summed E-state index contributed by atoms with van der Waals surface area (Å²) in [6.07, 6.45) is 1.60. The molecule has 1 amide bonds. The maximum atomic E-state index is 12.7. The van der Waals surface area contributed by atoms with Crippen molar-refractivity contribution >= 4 is 28.2 Å². The maximum Gasteiger partial charge on any atom is 0.282 e. The molecule has 1 N–H and O–H groups in total. The van der Waals surface area contributed by atoms with E-state index in [4.69, 9.17) is 4.74 Å². The molecule has 0 saturated carbocycles. The number of amides is 1. The van der Waals surface area contributed by atoms with Crippen LogP contribution in [-0.4, -0.2) is 22.9 Å². The topological polar surface area (TPSA) is 94.4 Å². The van der Waals surface area contributed by atoms with Gasteiger partial charge in [-0.3, -0.25) is 19.9 Å². The van der Waals surface area contributed by atoms with Crippen molar-refractivity contribution < 1.29 is 14.5 Å². The highest BCUT2D eigenvalue weighted by atomic mass is 16.6. The van der Waals surface area contributed by atoms with Crippen LogP contribution in [-0.2, 0) is 0 Å². The molecule has 25 heavy (non-hydrogen) atoms. The molecule has 0 bridgehead atoms. The lowest BCUT2D eigenvalue weighted by Gasteiger charge is -2.12. The molecule has 0 unspecified atom stereocenters. The number of nitrogens with zero attached hydrogens (tertiary/aromatic N) is 2. The number of pyridine rings is 1. The predicted molar refractivity (Wildman–Crippen MR) is 94.1 cm³/mol. The Hall–Kier alpha value is -3.48. The predicted octanol–water partition coefficient (Wildman–Crippen LogP) is 3.71. The number of hydrogen-bond acceptors (Lipinski definition) is 5. The number of nitrogens with one attached hydrogen (secondary N) is 1. The molecule has 3 aromatic rings. The van der Waals surface area contributed by atoms with Gasteiger partial charge in [0.25, 0.3) is 11.6 Å². The van der Waals surface area contributed by atoms with Gasteiger partial charge in [-0.2, -0.15) is 0 Å². The first-order valence-corrected chi connectivity index (χ1v) is 7.50. The second kappa shape index (κ2) is 6.56. The van der Waals surface area contributed by atoms with E-state index in [0.29, 0.717) is 22.5 Å². The minimum Gasteiger partial charge on any atom is -0.496 e. The minimum atomic E-state index is -0.563. The van der Waals surface area contributed by atoms with Crippen LogP contribution in [0.15, 0.2) is 48.7 Å². The average molecular weight is 337 g/mol. The van der Waals surface area contributed by atoms with Crippen molar-refractivity contribution in [2.75, 3.05) is 12.4 Å². The molecule has 0 aliphatic rings. The lowest BCUT2D eigenvalue weighted by molar-refractivity contribution is -0.385. The molecule has 0 fully saturated rings. The van der Waals surface area contributed by atoms with Gasteiger partial charge >= 0.3 is 0 Å². The summed E-state index contributed by atoms with van der Waals surface area (Å²) in [5, 5.41) is 14.7. The first kappa shape index (κ1) is 16.4. The fourth-order valence-corrected chi connectivity index (χ4v) is 2.71. The number of nitro benzene ring substituents is 1. The zero-order valence-corrected chi connectivity index (χ0v) is 13.6. The van der Waals surface area contributed by atoms with Gasteiger partial charge in [0.15, 0.2) is 0 Å². The molecule has 7 nitrogen and oxygen atoms in total. The molecule has 126 valence electrons. The lowest BCUT2D eigenvalue weighted by Crippen LogP contribution is -2.16. The average Bonchev–Trinajstić information content (AvgIpc) is 2.61. The smallest absolute Gasteiger partial charge is 0.282 e. The summed E-state index contributed by atoms with van der Waals surface area (Å²) < 4.78 is 5.30. The molecule has 1 aromatic heterocycles. The Morgan fingerprint density at radius 1 is 1.20 bits per heavy atom. The number of nitro groups is 1. The van der Waals surface area contributed by atoms with E-state index < -0.39 is 10.8 Å². The van der Waals surface area contributed by atoms with Crippen molar-refractivity contribution in [2.45, 2.75) is 6.92 Å². The van der Waals surface area contributed by atoms with Crippen LogP contribution in [0, 0.1) is 17.0 Å². The Labute approximate surface area is 143 Å². The highest BCUT2D eigenvalue weighted by Gasteiger charge is 2.23. The molecule has 2 aromatic carbocycles. The third-order valence-corrected chi connectivity index (χ3v) is 3.87. The number of fused-ring (bicyclic) bond motifs is 1. The Bertz CT molecular complexity index is 985. The summed E-state index contributed by atoms with van der Waals surface area (Å²) >= 11 is 0. The number of anilines is 1. The third-order valence-electron chi connectivity index (χ3n) is 3.87. The number of methoxy groups -OCH3 is 1. The summed E-state index contributed by atoms with van der Waals surface area (Å²) in [7, 11) is 1.55. The van der Waals surface area contributed by atoms with Gasteiger partial charge in [-0.15, -0.1) is 0 Å². The summed E-state index contributed by atoms with van der Waals surface area (Å²) in [4.78, 5) is 27.6. The Morgan fingerprint density at radius 3 is 2.72 bits per heavy atom. The summed E-state index contributed by atoms with van der Waals surface area (Å²) in [6, 6.07) is 11.5. The van der Waals surface area contributed by atoms with Crippen LogP contribution < -0.4 is 10.1 Å². The van der Waals surface area contributed by atoms with Gasteiger partial charge in [0.2, 0.25) is 0 Å². The number of aromatic nitrogens is 1. The van der Waals surface area contributed by atoms with Gasteiger partial charge in [0.05, 0.1) is 23.2 Å². The Kier molecular flexibility index (Phi) is 4.30. The molecule has 0 saturated heterocycles. The quantitative estimate of drug-likeness (QED) is 0.578. The fraction of sp³-hybridized carbons (Fsp3) is 0.111. The van der Waals surface area contributed by atoms with E-state index in [1.54, 1.807) is 50.6 Å². The van der Waals surface area contributed by atoms with E-state index in [1.807, 2.05) is 6.07 Å². The van der Waals surface area contributed by atoms with E-state index in [0.717, 1.165) is 5.39 Å². The largest absolute Gasteiger partial charge is 0.496 e. The number of hydrogen-bond donors (Lipinski definition) is 1. The number of benzene rings is 2. The number of ether oxygens (including phenoxy) is 1. The molecule has 1 heterocycles. The van der Waals surface area contributed by atoms with Crippen molar-refractivity contribution in [3.8, 4) is 5.75 Å². The van der Waals surface area contributed by atoms with Crippen LogP contribution in [0.3, 0.4) is 0 Å². The normalized spacial score (nSPS) is 10.5. The maximum absolute atomic E-state index is 12.7. The second-order valence-corrected chi connectivity index (χ2v) is 5.40. The SMILES string of the molecule is COc1ccc(NC(=O)c2c(C)cccc2[N+](=O)[O-])c2ncccc12. The first-order chi connectivity index (χ1) is 12.0.